The summed E-state index contributed by atoms with van der Waals surface area (Å²) in [6, 6.07) is 14.1. The summed E-state index contributed by atoms with van der Waals surface area (Å²) in [6.07, 6.45) is 1.70. The van der Waals surface area contributed by atoms with Gasteiger partial charge >= 0.3 is 0 Å². The van der Waals surface area contributed by atoms with E-state index in [2.05, 4.69) is 42.5 Å². The molecule has 0 aliphatic carbocycles. The fraction of sp³-hybridized carbons (Fsp3) is 0.290. The number of aryl methyl sites for hydroxylation is 1. The van der Waals surface area contributed by atoms with Crippen LogP contribution in [0.25, 0.3) is 11.3 Å². The molecule has 1 aliphatic heterocycles. The standard InChI is InChI=1S/C31H34N6O3S/c1-17-21(8-7-9-23(17)37-15-19-14-24(31(2,3)4)41-26(19)29(37)39)22-16-36(6)30(40)27(35-22)34-20-12-10-18(11-13-20)25(32)28(38)33-5/h7-14,16,25H,15,32H2,1-6H3,(H,33,38)(H,34,35)/t25-/m0/s1. The van der Waals surface area contributed by atoms with Gasteiger partial charge in [0.05, 0.1) is 17.1 Å². The van der Waals surface area contributed by atoms with Crippen molar-refractivity contribution in [2.75, 3.05) is 17.3 Å². The Morgan fingerprint density at radius 2 is 1.83 bits per heavy atom. The maximum absolute atomic E-state index is 13.4. The molecule has 212 valence electrons. The van der Waals surface area contributed by atoms with Gasteiger partial charge < -0.3 is 25.8 Å². The van der Waals surface area contributed by atoms with E-state index in [0.29, 0.717) is 23.5 Å². The molecule has 9 nitrogen and oxygen atoms in total. The number of hydrogen-bond acceptors (Lipinski definition) is 7. The lowest BCUT2D eigenvalue weighted by molar-refractivity contribution is -0.122. The largest absolute Gasteiger partial charge is 0.358 e. The summed E-state index contributed by atoms with van der Waals surface area (Å²) in [5.74, 6) is -0.115. The lowest BCUT2D eigenvalue weighted by Gasteiger charge is -2.21. The summed E-state index contributed by atoms with van der Waals surface area (Å²) >= 11 is 1.58. The van der Waals surface area contributed by atoms with Crippen LogP contribution in [0.3, 0.4) is 0 Å². The maximum Gasteiger partial charge on any atom is 0.293 e. The van der Waals surface area contributed by atoms with Gasteiger partial charge in [-0.05, 0) is 53.3 Å². The van der Waals surface area contributed by atoms with Gasteiger partial charge in [0.25, 0.3) is 11.5 Å². The summed E-state index contributed by atoms with van der Waals surface area (Å²) < 4.78 is 1.49. The zero-order chi connectivity index (χ0) is 29.6. The van der Waals surface area contributed by atoms with E-state index < -0.39 is 6.04 Å². The number of hydrogen-bond donors (Lipinski definition) is 3. The molecule has 0 radical (unpaired) electrons. The first-order valence-electron chi connectivity index (χ1n) is 13.4. The first-order valence-corrected chi connectivity index (χ1v) is 14.2. The number of aromatic nitrogens is 2. The normalized spacial score (nSPS) is 13.7. The van der Waals surface area contributed by atoms with E-state index >= 15 is 0 Å². The quantitative estimate of drug-likeness (QED) is 0.307. The third-order valence-electron chi connectivity index (χ3n) is 7.32. The molecule has 0 fully saturated rings. The molecule has 2 aromatic heterocycles. The smallest absolute Gasteiger partial charge is 0.293 e. The maximum atomic E-state index is 13.4. The first kappa shape index (κ1) is 28.3. The van der Waals surface area contributed by atoms with Crippen LogP contribution in [0.15, 0.2) is 59.5 Å². The van der Waals surface area contributed by atoms with Crippen LogP contribution in [0.2, 0.25) is 0 Å². The Hall–Kier alpha value is -4.28. The molecule has 2 aromatic carbocycles. The molecule has 0 spiro atoms. The van der Waals surface area contributed by atoms with E-state index in [9.17, 15) is 14.4 Å². The number of nitrogens with one attached hydrogen (secondary N) is 2. The second-order valence-corrected chi connectivity index (χ2v) is 12.3. The van der Waals surface area contributed by atoms with Crippen molar-refractivity contribution in [1.82, 2.24) is 14.9 Å². The van der Waals surface area contributed by atoms with Crippen LogP contribution in [0.4, 0.5) is 17.2 Å². The molecule has 0 saturated carbocycles. The van der Waals surface area contributed by atoms with Crippen LogP contribution < -0.4 is 26.8 Å². The highest BCUT2D eigenvalue weighted by Crippen LogP contribution is 2.40. The van der Waals surface area contributed by atoms with Gasteiger partial charge in [0, 0.05) is 42.1 Å². The van der Waals surface area contributed by atoms with Crippen LogP contribution in [0.5, 0.6) is 0 Å². The number of carbonyl (C=O) groups is 2. The zero-order valence-corrected chi connectivity index (χ0v) is 24.8. The highest BCUT2D eigenvalue weighted by atomic mass is 32.1. The predicted octanol–water partition coefficient (Wildman–Crippen LogP) is 4.76. The van der Waals surface area contributed by atoms with E-state index in [-0.39, 0.29) is 28.6 Å². The molecule has 1 aliphatic rings. The molecule has 2 amide bonds. The number of rotatable bonds is 6. The molecule has 1 atom stereocenters. The van der Waals surface area contributed by atoms with Crippen molar-refractivity contribution in [3.05, 3.63) is 91.5 Å². The average Bonchev–Trinajstić information content (AvgIpc) is 3.50. The summed E-state index contributed by atoms with van der Waals surface area (Å²) in [7, 11) is 3.22. The number of nitrogens with zero attached hydrogens (tertiary/aromatic N) is 3. The van der Waals surface area contributed by atoms with Crippen LogP contribution in [0.1, 0.15) is 58.1 Å². The third-order valence-corrected chi connectivity index (χ3v) is 8.91. The number of nitrogens with two attached hydrogens (primary N) is 1. The molecule has 3 heterocycles. The van der Waals surface area contributed by atoms with Gasteiger partial charge in [0.1, 0.15) is 6.04 Å². The van der Waals surface area contributed by atoms with E-state index in [0.717, 1.165) is 27.3 Å². The number of thiophene rings is 1. The molecular formula is C31H34N6O3S. The Balaban J connectivity index is 1.44. The Morgan fingerprint density at radius 3 is 2.46 bits per heavy atom. The van der Waals surface area contributed by atoms with E-state index in [1.807, 2.05) is 30.0 Å². The molecule has 0 unspecified atom stereocenters. The highest BCUT2D eigenvalue weighted by Gasteiger charge is 2.34. The van der Waals surface area contributed by atoms with Gasteiger partial charge in [-0.3, -0.25) is 14.4 Å². The summed E-state index contributed by atoms with van der Waals surface area (Å²) in [4.78, 5) is 46.8. The Morgan fingerprint density at radius 1 is 1.12 bits per heavy atom. The van der Waals surface area contributed by atoms with Gasteiger partial charge in [-0.2, -0.15) is 0 Å². The van der Waals surface area contributed by atoms with Crippen LogP contribution >= 0.6 is 11.3 Å². The summed E-state index contributed by atoms with van der Waals surface area (Å²) in [6.45, 7) is 8.97. The van der Waals surface area contributed by atoms with Crippen LogP contribution in [0, 0.1) is 6.92 Å². The monoisotopic (exact) mass is 570 g/mol. The minimum Gasteiger partial charge on any atom is -0.358 e. The van der Waals surface area contributed by atoms with Crippen LogP contribution in [-0.4, -0.2) is 28.4 Å². The first-order chi connectivity index (χ1) is 19.4. The van der Waals surface area contributed by atoms with E-state index in [1.165, 1.54) is 16.5 Å². The second kappa shape index (κ2) is 10.6. The minimum absolute atomic E-state index is 0.00291. The number of benzene rings is 2. The Labute approximate surface area is 243 Å². The summed E-state index contributed by atoms with van der Waals surface area (Å²) in [5, 5.41) is 5.64. The van der Waals surface area contributed by atoms with Gasteiger partial charge in [-0.25, -0.2) is 4.98 Å². The van der Waals surface area contributed by atoms with Crippen molar-refractivity contribution in [2.45, 2.75) is 45.7 Å². The molecule has 0 saturated heterocycles. The molecule has 41 heavy (non-hydrogen) atoms. The topological polar surface area (TPSA) is 122 Å². The van der Waals surface area contributed by atoms with Crippen LogP contribution in [-0.2, 0) is 23.8 Å². The van der Waals surface area contributed by atoms with E-state index in [4.69, 9.17) is 5.73 Å². The lowest BCUT2D eigenvalue weighted by Crippen LogP contribution is -2.31. The van der Waals surface area contributed by atoms with E-state index in [1.54, 1.807) is 48.8 Å². The SMILES string of the molecule is CNC(=O)[C@@H](N)c1ccc(Nc2nc(-c3cccc(N4Cc5cc(C(C)(C)C)sc5C4=O)c3C)cn(C)c2=O)cc1. The molecule has 4 aromatic rings. The second-order valence-electron chi connectivity index (χ2n) is 11.3. The van der Waals surface area contributed by atoms with Gasteiger partial charge in [-0.1, -0.05) is 45.0 Å². The Bertz CT molecular complexity index is 1720. The lowest BCUT2D eigenvalue weighted by atomic mass is 9.94. The van der Waals surface area contributed by atoms with Gasteiger partial charge in [-0.15, -0.1) is 11.3 Å². The summed E-state index contributed by atoms with van der Waals surface area (Å²) in [5.41, 5.74) is 11.2. The fourth-order valence-corrected chi connectivity index (χ4v) is 6.06. The fourth-order valence-electron chi connectivity index (χ4n) is 4.88. The highest BCUT2D eigenvalue weighted by molar-refractivity contribution is 7.14. The van der Waals surface area contributed by atoms with Crippen molar-refractivity contribution < 1.29 is 9.59 Å². The van der Waals surface area contributed by atoms with Crippen molar-refractivity contribution in [3.8, 4) is 11.3 Å². The molecule has 4 N–H and O–H groups in total. The number of likely N-dealkylation sites (N-methyl/N-ethyl adjacent to an activating group) is 1. The molecule has 5 rings (SSSR count). The molecule has 0 bridgehead atoms. The molecular weight excluding hydrogens is 536 g/mol. The Kier molecular flexibility index (Phi) is 7.31. The third kappa shape index (κ3) is 5.28. The van der Waals surface area contributed by atoms with Gasteiger partial charge in [0.2, 0.25) is 5.91 Å². The van der Waals surface area contributed by atoms with Crippen molar-refractivity contribution in [2.24, 2.45) is 12.8 Å². The zero-order valence-electron chi connectivity index (χ0n) is 24.0. The minimum atomic E-state index is -0.785. The van der Waals surface area contributed by atoms with Crippen molar-refractivity contribution >= 4 is 40.3 Å². The van der Waals surface area contributed by atoms with Gasteiger partial charge in [0.15, 0.2) is 5.82 Å². The van der Waals surface area contributed by atoms with Crippen molar-refractivity contribution in [1.29, 1.82) is 0 Å². The number of amides is 2. The average molecular weight is 571 g/mol. The molecule has 10 heteroatoms. The number of fused-ring (bicyclic) bond motifs is 1. The van der Waals surface area contributed by atoms with Crippen molar-refractivity contribution in [3.63, 3.8) is 0 Å². The predicted molar refractivity (Wildman–Crippen MR) is 164 cm³/mol. The number of anilines is 3. The number of carbonyl (C=O) groups excluding carboxylic acids is 2.